The summed E-state index contributed by atoms with van der Waals surface area (Å²) >= 11 is 0. The van der Waals surface area contributed by atoms with Gasteiger partial charge >= 0.3 is 6.18 Å². The molecule has 0 amide bonds. The number of benzene rings is 3. The highest BCUT2D eigenvalue weighted by Gasteiger charge is 2.30. The number of ether oxygens (including phenoxy) is 2. The number of para-hydroxylation sites is 2. The van der Waals surface area contributed by atoms with E-state index < -0.39 is 11.7 Å². The molecule has 0 radical (unpaired) electrons. The Morgan fingerprint density at radius 1 is 0.714 bits per heavy atom. The van der Waals surface area contributed by atoms with Gasteiger partial charge in [-0.15, -0.1) is 0 Å². The van der Waals surface area contributed by atoms with Crippen molar-refractivity contribution in [3.63, 3.8) is 0 Å². The lowest BCUT2D eigenvalue weighted by molar-refractivity contribution is -0.137. The Hall–Kier alpha value is -3.97. The Balaban J connectivity index is 1.94. The first kappa shape index (κ1) is 18.8. The van der Waals surface area contributed by atoms with Crippen LogP contribution in [-0.4, -0.2) is 0 Å². The highest BCUT2D eigenvalue weighted by atomic mass is 19.4. The monoisotopic (exact) mass is 380 g/mol. The minimum atomic E-state index is -4.49. The number of alkyl halides is 3. The van der Waals surface area contributed by atoms with Gasteiger partial charge in [0.05, 0.1) is 11.1 Å². The van der Waals surface area contributed by atoms with E-state index in [2.05, 4.69) is 0 Å². The number of rotatable bonds is 4. The summed E-state index contributed by atoms with van der Waals surface area (Å²) in [5, 5.41) is 18.4. The van der Waals surface area contributed by atoms with E-state index in [0.717, 1.165) is 12.1 Å². The molecule has 0 aliphatic rings. The number of nitrogens with zero attached hydrogens (tertiary/aromatic N) is 2. The smallest absolute Gasteiger partial charge is 0.416 e. The molecule has 0 atom stereocenters. The average molecular weight is 380 g/mol. The standard InChI is InChI=1S/C21H11F3N2O2/c22-21(23,24)15-6-4-7-16(11-15)27-19-8-1-2-9-20(19)28-18-10-3-5-14(12-25)17(18)13-26/h1-11H. The van der Waals surface area contributed by atoms with E-state index in [-0.39, 0.29) is 34.1 Å². The third-order valence-electron chi connectivity index (χ3n) is 3.72. The van der Waals surface area contributed by atoms with Crippen molar-refractivity contribution < 1.29 is 22.6 Å². The van der Waals surface area contributed by atoms with Gasteiger partial charge in [-0.2, -0.15) is 23.7 Å². The minimum absolute atomic E-state index is 0.0165. The second-order valence-electron chi connectivity index (χ2n) is 5.58. The second kappa shape index (κ2) is 7.73. The maximum Gasteiger partial charge on any atom is 0.416 e. The van der Waals surface area contributed by atoms with Crippen molar-refractivity contribution in [2.45, 2.75) is 6.18 Å². The highest BCUT2D eigenvalue weighted by Crippen LogP contribution is 2.38. The fourth-order valence-corrected chi connectivity index (χ4v) is 2.42. The Morgan fingerprint density at radius 2 is 1.36 bits per heavy atom. The average Bonchev–Trinajstić information content (AvgIpc) is 2.69. The second-order valence-corrected chi connectivity index (χ2v) is 5.58. The van der Waals surface area contributed by atoms with E-state index in [4.69, 9.17) is 14.7 Å². The van der Waals surface area contributed by atoms with Gasteiger partial charge in [-0.3, -0.25) is 0 Å². The molecular weight excluding hydrogens is 369 g/mol. The zero-order chi connectivity index (χ0) is 20.1. The molecule has 0 spiro atoms. The van der Waals surface area contributed by atoms with Crippen molar-refractivity contribution in [3.05, 3.63) is 83.4 Å². The summed E-state index contributed by atoms with van der Waals surface area (Å²) in [6.07, 6.45) is -4.49. The summed E-state index contributed by atoms with van der Waals surface area (Å²) in [6, 6.07) is 19.2. The molecule has 3 aromatic rings. The summed E-state index contributed by atoms with van der Waals surface area (Å²) in [5.74, 6) is 0.471. The quantitative estimate of drug-likeness (QED) is 0.554. The lowest BCUT2D eigenvalue weighted by Gasteiger charge is -2.14. The van der Waals surface area contributed by atoms with Crippen LogP contribution in [0.15, 0.2) is 66.7 Å². The number of hydrogen-bond donors (Lipinski definition) is 0. The molecule has 28 heavy (non-hydrogen) atoms. The molecule has 0 aromatic heterocycles. The Kier molecular flexibility index (Phi) is 5.19. The molecule has 0 N–H and O–H groups in total. The third-order valence-corrected chi connectivity index (χ3v) is 3.72. The molecule has 138 valence electrons. The fourth-order valence-electron chi connectivity index (χ4n) is 2.42. The van der Waals surface area contributed by atoms with E-state index in [9.17, 15) is 18.4 Å². The molecule has 0 bridgehead atoms. The lowest BCUT2D eigenvalue weighted by Crippen LogP contribution is -2.04. The van der Waals surface area contributed by atoms with Gasteiger partial charge in [0.15, 0.2) is 11.5 Å². The van der Waals surface area contributed by atoms with Crippen LogP contribution in [0, 0.1) is 22.7 Å². The Labute approximate surface area is 158 Å². The molecule has 3 rings (SSSR count). The molecule has 0 unspecified atom stereocenters. The van der Waals surface area contributed by atoms with Crippen LogP contribution >= 0.6 is 0 Å². The number of hydrogen-bond acceptors (Lipinski definition) is 4. The fraction of sp³-hybridized carbons (Fsp3) is 0.0476. The van der Waals surface area contributed by atoms with Crippen LogP contribution in [0.4, 0.5) is 13.2 Å². The molecule has 0 aliphatic heterocycles. The van der Waals surface area contributed by atoms with Crippen molar-refractivity contribution >= 4 is 0 Å². The Morgan fingerprint density at radius 3 is 2.00 bits per heavy atom. The van der Waals surface area contributed by atoms with Gasteiger partial charge in [0, 0.05) is 0 Å². The third kappa shape index (κ3) is 4.05. The molecule has 0 aliphatic carbocycles. The van der Waals surface area contributed by atoms with Gasteiger partial charge in [0.1, 0.15) is 29.2 Å². The summed E-state index contributed by atoms with van der Waals surface area (Å²) in [5.41, 5.74) is -0.632. The minimum Gasteiger partial charge on any atom is -0.453 e. The van der Waals surface area contributed by atoms with Crippen molar-refractivity contribution in [2.75, 3.05) is 0 Å². The molecule has 7 heteroatoms. The number of nitriles is 2. The molecule has 0 fully saturated rings. The molecule has 4 nitrogen and oxygen atoms in total. The van der Waals surface area contributed by atoms with Crippen molar-refractivity contribution in [1.29, 1.82) is 10.5 Å². The molecular formula is C21H11F3N2O2. The SMILES string of the molecule is N#Cc1cccc(Oc2ccccc2Oc2cccc(C(F)(F)F)c2)c1C#N. The highest BCUT2D eigenvalue weighted by molar-refractivity contribution is 5.56. The van der Waals surface area contributed by atoms with Gasteiger partial charge in [-0.05, 0) is 42.5 Å². The summed E-state index contributed by atoms with van der Waals surface area (Å²) in [4.78, 5) is 0. The first-order chi connectivity index (χ1) is 13.4. The van der Waals surface area contributed by atoms with E-state index >= 15 is 0 Å². The summed E-state index contributed by atoms with van der Waals surface area (Å²) < 4.78 is 50.0. The van der Waals surface area contributed by atoms with Gasteiger partial charge in [-0.25, -0.2) is 0 Å². The first-order valence-corrected chi connectivity index (χ1v) is 7.97. The van der Waals surface area contributed by atoms with Crippen LogP contribution in [-0.2, 0) is 6.18 Å². The van der Waals surface area contributed by atoms with Gasteiger partial charge < -0.3 is 9.47 Å². The topological polar surface area (TPSA) is 66.0 Å². The zero-order valence-electron chi connectivity index (χ0n) is 14.2. The van der Waals surface area contributed by atoms with E-state index in [0.29, 0.717) is 0 Å². The molecule has 0 heterocycles. The maximum atomic E-state index is 12.9. The van der Waals surface area contributed by atoms with Crippen molar-refractivity contribution in [2.24, 2.45) is 0 Å². The largest absolute Gasteiger partial charge is 0.453 e. The van der Waals surface area contributed by atoms with Crippen LogP contribution in [0.25, 0.3) is 0 Å². The van der Waals surface area contributed by atoms with Crippen LogP contribution in [0.1, 0.15) is 16.7 Å². The van der Waals surface area contributed by atoms with Crippen molar-refractivity contribution in [3.8, 4) is 35.1 Å². The molecule has 3 aromatic carbocycles. The Bertz CT molecular complexity index is 1100. The molecule has 0 saturated heterocycles. The molecule has 0 saturated carbocycles. The van der Waals surface area contributed by atoms with Gasteiger partial charge in [0.25, 0.3) is 0 Å². The number of halogens is 3. The van der Waals surface area contributed by atoms with Crippen LogP contribution in [0.5, 0.6) is 23.0 Å². The van der Waals surface area contributed by atoms with E-state index in [1.54, 1.807) is 24.3 Å². The van der Waals surface area contributed by atoms with E-state index in [1.165, 1.54) is 30.3 Å². The predicted molar refractivity (Wildman–Crippen MR) is 93.9 cm³/mol. The normalized spacial score (nSPS) is 10.6. The van der Waals surface area contributed by atoms with Crippen LogP contribution in [0.3, 0.4) is 0 Å². The van der Waals surface area contributed by atoms with Crippen LogP contribution < -0.4 is 9.47 Å². The van der Waals surface area contributed by atoms with Crippen molar-refractivity contribution in [1.82, 2.24) is 0 Å². The van der Waals surface area contributed by atoms with Gasteiger partial charge in [-0.1, -0.05) is 24.3 Å². The van der Waals surface area contributed by atoms with Gasteiger partial charge in [0.2, 0.25) is 0 Å². The van der Waals surface area contributed by atoms with E-state index in [1.807, 2.05) is 12.1 Å². The first-order valence-electron chi connectivity index (χ1n) is 7.97. The maximum absolute atomic E-state index is 12.9. The zero-order valence-corrected chi connectivity index (χ0v) is 14.2. The predicted octanol–water partition coefficient (Wildman–Crippen LogP) is 6.03. The summed E-state index contributed by atoms with van der Waals surface area (Å²) in [7, 11) is 0. The lowest BCUT2D eigenvalue weighted by atomic mass is 10.1. The van der Waals surface area contributed by atoms with Crippen LogP contribution in [0.2, 0.25) is 0 Å². The summed E-state index contributed by atoms with van der Waals surface area (Å²) in [6.45, 7) is 0.